The number of carbonyl (C=O) groups excluding carboxylic acids is 2. The molecular formula is C17H14Cl2N2O2. The van der Waals surface area contributed by atoms with Crippen LogP contribution in [0.15, 0.2) is 48.5 Å². The maximum Gasteiger partial charge on any atom is 0.251 e. The van der Waals surface area contributed by atoms with Gasteiger partial charge in [0.1, 0.15) is 0 Å². The second-order valence-corrected chi connectivity index (χ2v) is 5.41. The molecule has 0 saturated heterocycles. The summed E-state index contributed by atoms with van der Waals surface area (Å²) in [6.07, 6.45) is 2.95. The Hall–Kier alpha value is -2.30. The van der Waals surface area contributed by atoms with Crippen molar-refractivity contribution in [1.82, 2.24) is 5.32 Å². The predicted molar refractivity (Wildman–Crippen MR) is 94.0 cm³/mol. The van der Waals surface area contributed by atoms with E-state index in [4.69, 9.17) is 23.2 Å². The average Bonchev–Trinajstić information content (AvgIpc) is 2.56. The van der Waals surface area contributed by atoms with Gasteiger partial charge in [0.05, 0.1) is 10.0 Å². The fraction of sp³-hybridized carbons (Fsp3) is 0.0588. The summed E-state index contributed by atoms with van der Waals surface area (Å²) in [6, 6.07) is 11.8. The number of nitrogens with one attached hydrogen (secondary N) is 2. The Bertz CT molecular complexity index is 756. The molecule has 4 nitrogen and oxygen atoms in total. The largest absolute Gasteiger partial charge is 0.355 e. The number of amides is 2. The zero-order chi connectivity index (χ0) is 16.8. The molecule has 2 aromatic carbocycles. The van der Waals surface area contributed by atoms with E-state index in [0.717, 1.165) is 0 Å². The van der Waals surface area contributed by atoms with Gasteiger partial charge in [-0.25, -0.2) is 0 Å². The topological polar surface area (TPSA) is 58.2 Å². The first-order chi connectivity index (χ1) is 11.0. The van der Waals surface area contributed by atoms with Gasteiger partial charge < -0.3 is 10.6 Å². The SMILES string of the molecule is CNC(=O)c1ccc(NC(=O)/C=C/c2cccc(Cl)c2Cl)cc1. The molecule has 0 fully saturated rings. The lowest BCUT2D eigenvalue weighted by Crippen LogP contribution is -2.17. The average molecular weight is 349 g/mol. The second-order valence-electron chi connectivity index (χ2n) is 4.62. The van der Waals surface area contributed by atoms with Crippen molar-refractivity contribution < 1.29 is 9.59 Å². The Kier molecular flexibility index (Phi) is 5.79. The first kappa shape index (κ1) is 17.1. The van der Waals surface area contributed by atoms with Gasteiger partial charge in [0.2, 0.25) is 5.91 Å². The molecule has 0 heterocycles. The van der Waals surface area contributed by atoms with Crippen molar-refractivity contribution in [2.45, 2.75) is 0 Å². The fourth-order valence-electron chi connectivity index (χ4n) is 1.85. The summed E-state index contributed by atoms with van der Waals surface area (Å²) in [5.74, 6) is -0.493. The molecule has 0 spiro atoms. The van der Waals surface area contributed by atoms with Crippen molar-refractivity contribution in [2.75, 3.05) is 12.4 Å². The van der Waals surface area contributed by atoms with E-state index in [1.807, 2.05) is 0 Å². The Morgan fingerprint density at radius 2 is 1.74 bits per heavy atom. The maximum atomic E-state index is 11.9. The van der Waals surface area contributed by atoms with Gasteiger partial charge in [-0.15, -0.1) is 0 Å². The Morgan fingerprint density at radius 3 is 2.39 bits per heavy atom. The summed E-state index contributed by atoms with van der Waals surface area (Å²) in [5.41, 5.74) is 1.76. The Balaban J connectivity index is 2.03. The van der Waals surface area contributed by atoms with Crippen LogP contribution in [0.25, 0.3) is 6.08 Å². The van der Waals surface area contributed by atoms with E-state index in [-0.39, 0.29) is 11.8 Å². The number of hydrogen-bond acceptors (Lipinski definition) is 2. The summed E-state index contributed by atoms with van der Waals surface area (Å²) in [4.78, 5) is 23.3. The molecule has 0 aliphatic heterocycles. The smallest absolute Gasteiger partial charge is 0.251 e. The highest BCUT2D eigenvalue weighted by molar-refractivity contribution is 6.42. The van der Waals surface area contributed by atoms with E-state index in [1.54, 1.807) is 55.6 Å². The monoisotopic (exact) mass is 348 g/mol. The number of rotatable bonds is 4. The van der Waals surface area contributed by atoms with Crippen LogP contribution in [0, 0.1) is 0 Å². The second kappa shape index (κ2) is 7.81. The summed E-state index contributed by atoms with van der Waals surface area (Å²) < 4.78 is 0. The van der Waals surface area contributed by atoms with Crippen molar-refractivity contribution in [3.63, 3.8) is 0 Å². The van der Waals surface area contributed by atoms with Crippen LogP contribution in [0.5, 0.6) is 0 Å². The highest BCUT2D eigenvalue weighted by Gasteiger charge is 2.04. The molecule has 0 aliphatic rings. The van der Waals surface area contributed by atoms with Crippen LogP contribution < -0.4 is 10.6 Å². The summed E-state index contributed by atoms with van der Waals surface area (Å²) in [5, 5.41) is 6.05. The van der Waals surface area contributed by atoms with Crippen molar-refractivity contribution in [2.24, 2.45) is 0 Å². The maximum absolute atomic E-state index is 11.9. The lowest BCUT2D eigenvalue weighted by atomic mass is 10.2. The fourth-order valence-corrected chi connectivity index (χ4v) is 2.22. The molecule has 0 radical (unpaired) electrons. The molecule has 2 aromatic rings. The highest BCUT2D eigenvalue weighted by Crippen LogP contribution is 2.26. The van der Waals surface area contributed by atoms with Crippen LogP contribution in [0.1, 0.15) is 15.9 Å². The normalized spacial score (nSPS) is 10.6. The van der Waals surface area contributed by atoms with Crippen LogP contribution in [0.3, 0.4) is 0 Å². The van der Waals surface area contributed by atoms with E-state index in [0.29, 0.717) is 26.9 Å². The first-order valence-electron chi connectivity index (χ1n) is 6.76. The number of carbonyl (C=O) groups is 2. The predicted octanol–water partition coefficient (Wildman–Crippen LogP) is 4.00. The zero-order valence-electron chi connectivity index (χ0n) is 12.3. The molecule has 0 unspecified atom stereocenters. The minimum Gasteiger partial charge on any atom is -0.355 e. The molecule has 118 valence electrons. The van der Waals surface area contributed by atoms with Crippen LogP contribution in [-0.4, -0.2) is 18.9 Å². The third-order valence-electron chi connectivity index (χ3n) is 3.04. The zero-order valence-corrected chi connectivity index (χ0v) is 13.8. The molecule has 0 saturated carbocycles. The van der Waals surface area contributed by atoms with E-state index >= 15 is 0 Å². The Morgan fingerprint density at radius 1 is 1.04 bits per heavy atom. The van der Waals surface area contributed by atoms with Gasteiger partial charge in [0.25, 0.3) is 5.91 Å². The third-order valence-corrected chi connectivity index (χ3v) is 3.87. The van der Waals surface area contributed by atoms with Crippen molar-refractivity contribution in [3.05, 3.63) is 69.7 Å². The first-order valence-corrected chi connectivity index (χ1v) is 7.52. The van der Waals surface area contributed by atoms with Crippen LogP contribution in [-0.2, 0) is 4.79 Å². The van der Waals surface area contributed by atoms with Crippen LogP contribution in [0.4, 0.5) is 5.69 Å². The number of benzene rings is 2. The van der Waals surface area contributed by atoms with Gasteiger partial charge in [-0.2, -0.15) is 0 Å². The van der Waals surface area contributed by atoms with Gasteiger partial charge in [-0.1, -0.05) is 35.3 Å². The van der Waals surface area contributed by atoms with Gasteiger partial charge in [-0.05, 0) is 42.0 Å². The van der Waals surface area contributed by atoms with Gasteiger partial charge >= 0.3 is 0 Å². The van der Waals surface area contributed by atoms with Crippen LogP contribution in [0.2, 0.25) is 10.0 Å². The summed E-state index contributed by atoms with van der Waals surface area (Å²) in [7, 11) is 1.56. The standard InChI is InChI=1S/C17H14Cl2N2O2/c1-20-17(23)12-5-8-13(9-6-12)21-15(22)10-7-11-3-2-4-14(18)16(11)19/h2-10H,1H3,(H,20,23)(H,21,22)/b10-7+. The van der Waals surface area contributed by atoms with Crippen molar-refractivity contribution >= 4 is 46.8 Å². The van der Waals surface area contributed by atoms with E-state index in [1.165, 1.54) is 6.08 Å². The van der Waals surface area contributed by atoms with E-state index < -0.39 is 0 Å². The molecule has 0 atom stereocenters. The third kappa shape index (κ3) is 4.58. The molecule has 0 aliphatic carbocycles. The summed E-state index contributed by atoms with van der Waals surface area (Å²) >= 11 is 12.0. The quantitative estimate of drug-likeness (QED) is 0.820. The number of anilines is 1. The molecule has 2 rings (SSSR count). The molecule has 23 heavy (non-hydrogen) atoms. The highest BCUT2D eigenvalue weighted by atomic mass is 35.5. The molecule has 6 heteroatoms. The van der Waals surface area contributed by atoms with E-state index in [9.17, 15) is 9.59 Å². The number of halogens is 2. The van der Waals surface area contributed by atoms with Gasteiger partial charge in [0.15, 0.2) is 0 Å². The van der Waals surface area contributed by atoms with Crippen LogP contribution >= 0.6 is 23.2 Å². The van der Waals surface area contributed by atoms with Crippen molar-refractivity contribution in [1.29, 1.82) is 0 Å². The molecule has 0 aromatic heterocycles. The summed E-state index contributed by atoms with van der Waals surface area (Å²) in [6.45, 7) is 0. The lowest BCUT2D eigenvalue weighted by Gasteiger charge is -2.04. The number of hydrogen-bond donors (Lipinski definition) is 2. The molecule has 2 N–H and O–H groups in total. The molecule has 0 bridgehead atoms. The van der Waals surface area contributed by atoms with Gasteiger partial charge in [-0.3, -0.25) is 9.59 Å². The molecular weight excluding hydrogens is 335 g/mol. The van der Waals surface area contributed by atoms with Crippen molar-refractivity contribution in [3.8, 4) is 0 Å². The molecule has 2 amide bonds. The minimum atomic E-state index is -0.311. The minimum absolute atomic E-state index is 0.182. The lowest BCUT2D eigenvalue weighted by molar-refractivity contribution is -0.111. The van der Waals surface area contributed by atoms with E-state index in [2.05, 4.69) is 10.6 Å². The van der Waals surface area contributed by atoms with Gasteiger partial charge in [0, 0.05) is 24.4 Å². The Labute approximate surface area is 144 Å².